The number of nitrogens with one attached hydrogen (secondary N) is 1. The summed E-state index contributed by atoms with van der Waals surface area (Å²) in [7, 11) is 0. The van der Waals surface area contributed by atoms with Gasteiger partial charge in [0.15, 0.2) is 5.69 Å². The van der Waals surface area contributed by atoms with Crippen LogP contribution in [0.1, 0.15) is 67.3 Å². The second-order valence-electron chi connectivity index (χ2n) is 8.58. The Labute approximate surface area is 177 Å². The van der Waals surface area contributed by atoms with Crippen molar-refractivity contribution in [2.75, 3.05) is 19.6 Å². The van der Waals surface area contributed by atoms with Gasteiger partial charge in [0.05, 0.1) is 11.6 Å². The smallest absolute Gasteiger partial charge is 0.274 e. The molecule has 1 N–H and O–H groups in total. The van der Waals surface area contributed by atoms with Crippen LogP contribution in [0.15, 0.2) is 30.3 Å². The molecule has 0 radical (unpaired) electrons. The van der Waals surface area contributed by atoms with E-state index in [2.05, 4.69) is 30.8 Å². The zero-order valence-electron chi connectivity index (χ0n) is 16.6. The van der Waals surface area contributed by atoms with Gasteiger partial charge < -0.3 is 10.2 Å². The molecule has 152 valence electrons. The van der Waals surface area contributed by atoms with Crippen molar-refractivity contribution in [3.8, 4) is 0 Å². The number of hydrogen-bond acceptors (Lipinski definition) is 3. The van der Waals surface area contributed by atoms with Gasteiger partial charge in [0.2, 0.25) is 0 Å². The highest BCUT2D eigenvalue weighted by Crippen LogP contribution is 2.42. The first-order chi connectivity index (χ1) is 12.8. The fourth-order valence-electron chi connectivity index (χ4n) is 3.81. The standard InChI is InChI=1S/C21H27ClN4O.ClH/c1-21(2,3)26-18(14-7-8-14)12-17(24-26)20(27)25-10-9-23-13-19(25)15-5-4-6-16(22)11-15;/h4-6,11-12,14,19,23H,7-10,13H2,1-3H3;1H. The van der Waals surface area contributed by atoms with Gasteiger partial charge in [-0.15, -0.1) is 12.4 Å². The average molecular weight is 423 g/mol. The van der Waals surface area contributed by atoms with Gasteiger partial charge in [-0.3, -0.25) is 9.48 Å². The molecule has 0 bridgehead atoms. The van der Waals surface area contributed by atoms with Crippen molar-refractivity contribution >= 4 is 29.9 Å². The minimum atomic E-state index is -0.133. The SMILES string of the molecule is CC(C)(C)n1nc(C(=O)N2CCNCC2c2cccc(Cl)c2)cc1C1CC1.Cl. The van der Waals surface area contributed by atoms with Gasteiger partial charge in [0.1, 0.15) is 0 Å². The lowest BCUT2D eigenvalue weighted by Gasteiger charge is -2.36. The molecular weight excluding hydrogens is 395 g/mol. The van der Waals surface area contributed by atoms with Gasteiger partial charge in [-0.25, -0.2) is 0 Å². The molecule has 1 aliphatic heterocycles. The molecule has 1 amide bonds. The highest BCUT2D eigenvalue weighted by molar-refractivity contribution is 6.30. The number of carbonyl (C=O) groups excluding carboxylic acids is 1. The normalized spacial score (nSPS) is 20.0. The van der Waals surface area contributed by atoms with E-state index in [1.54, 1.807) is 0 Å². The fourth-order valence-corrected chi connectivity index (χ4v) is 4.01. The molecule has 2 heterocycles. The van der Waals surface area contributed by atoms with Crippen LogP contribution in [0.5, 0.6) is 0 Å². The van der Waals surface area contributed by atoms with E-state index >= 15 is 0 Å². The van der Waals surface area contributed by atoms with E-state index in [0.717, 1.165) is 18.7 Å². The van der Waals surface area contributed by atoms with Gasteiger partial charge >= 0.3 is 0 Å². The molecule has 1 saturated carbocycles. The number of piperazine rings is 1. The van der Waals surface area contributed by atoms with Crippen molar-refractivity contribution < 1.29 is 4.79 Å². The van der Waals surface area contributed by atoms with Crippen LogP contribution in [-0.4, -0.2) is 40.2 Å². The average Bonchev–Trinajstić information content (AvgIpc) is 3.38. The summed E-state index contributed by atoms with van der Waals surface area (Å²) in [4.78, 5) is 15.3. The van der Waals surface area contributed by atoms with Crippen LogP contribution in [-0.2, 0) is 5.54 Å². The van der Waals surface area contributed by atoms with Crippen molar-refractivity contribution in [2.45, 2.75) is 51.1 Å². The van der Waals surface area contributed by atoms with Gasteiger partial charge in [-0.1, -0.05) is 23.7 Å². The lowest BCUT2D eigenvalue weighted by molar-refractivity contribution is 0.0626. The molecule has 28 heavy (non-hydrogen) atoms. The lowest BCUT2D eigenvalue weighted by Crippen LogP contribution is -2.48. The Balaban J connectivity index is 0.00000225. The summed E-state index contributed by atoms with van der Waals surface area (Å²) in [6, 6.07) is 9.77. The zero-order valence-corrected chi connectivity index (χ0v) is 18.2. The van der Waals surface area contributed by atoms with Crippen molar-refractivity contribution in [3.05, 3.63) is 52.3 Å². The number of hydrogen-bond donors (Lipinski definition) is 1. The predicted molar refractivity (Wildman–Crippen MR) is 115 cm³/mol. The summed E-state index contributed by atoms with van der Waals surface area (Å²) < 4.78 is 2.05. The first kappa shape index (κ1) is 21.2. The highest BCUT2D eigenvalue weighted by Gasteiger charge is 2.35. The molecule has 7 heteroatoms. The number of halogens is 2. The number of amides is 1. The van der Waals surface area contributed by atoms with Crippen LogP contribution in [0.4, 0.5) is 0 Å². The molecule has 2 aromatic rings. The van der Waals surface area contributed by atoms with Gasteiger partial charge in [0.25, 0.3) is 5.91 Å². The number of aromatic nitrogens is 2. The first-order valence-electron chi connectivity index (χ1n) is 9.72. The summed E-state index contributed by atoms with van der Waals surface area (Å²) in [5, 5.41) is 8.83. The van der Waals surface area contributed by atoms with E-state index in [0.29, 0.717) is 23.2 Å². The van der Waals surface area contributed by atoms with E-state index in [4.69, 9.17) is 16.7 Å². The quantitative estimate of drug-likeness (QED) is 0.798. The van der Waals surface area contributed by atoms with Crippen LogP contribution in [0, 0.1) is 0 Å². The molecular formula is C21H28Cl2N4O. The summed E-state index contributed by atoms with van der Waals surface area (Å²) in [6.45, 7) is 8.59. The molecule has 1 aliphatic carbocycles. The Kier molecular flexibility index (Phi) is 6.08. The summed E-state index contributed by atoms with van der Waals surface area (Å²) in [5.41, 5.74) is 2.67. The molecule has 2 fully saturated rings. The van der Waals surface area contributed by atoms with Gasteiger partial charge in [0, 0.05) is 36.3 Å². The maximum Gasteiger partial charge on any atom is 0.274 e. The number of nitrogens with zero attached hydrogens (tertiary/aromatic N) is 3. The number of carbonyl (C=O) groups is 1. The lowest BCUT2D eigenvalue weighted by atomic mass is 10.0. The van der Waals surface area contributed by atoms with Gasteiger partial charge in [-0.2, -0.15) is 5.10 Å². The van der Waals surface area contributed by atoms with Crippen molar-refractivity contribution in [2.24, 2.45) is 0 Å². The molecule has 1 aromatic heterocycles. The van der Waals surface area contributed by atoms with Crippen molar-refractivity contribution in [1.82, 2.24) is 20.0 Å². The molecule has 2 aliphatic rings. The second-order valence-corrected chi connectivity index (χ2v) is 9.02. The van der Waals surface area contributed by atoms with Crippen molar-refractivity contribution in [3.63, 3.8) is 0 Å². The predicted octanol–water partition coefficient (Wildman–Crippen LogP) is 4.38. The third kappa shape index (κ3) is 4.22. The van der Waals surface area contributed by atoms with E-state index in [1.165, 1.54) is 18.5 Å². The third-order valence-corrected chi connectivity index (χ3v) is 5.56. The summed E-state index contributed by atoms with van der Waals surface area (Å²) in [6.07, 6.45) is 2.38. The Morgan fingerprint density at radius 3 is 2.64 bits per heavy atom. The third-order valence-electron chi connectivity index (χ3n) is 5.32. The highest BCUT2D eigenvalue weighted by atomic mass is 35.5. The minimum Gasteiger partial charge on any atom is -0.328 e. The van der Waals surface area contributed by atoms with Crippen LogP contribution < -0.4 is 5.32 Å². The molecule has 1 saturated heterocycles. The first-order valence-corrected chi connectivity index (χ1v) is 10.1. The van der Waals surface area contributed by atoms with Crippen LogP contribution in [0.25, 0.3) is 0 Å². The topological polar surface area (TPSA) is 50.2 Å². The van der Waals surface area contributed by atoms with Crippen molar-refractivity contribution in [1.29, 1.82) is 0 Å². The molecule has 1 atom stereocenters. The minimum absolute atomic E-state index is 0. The summed E-state index contributed by atoms with van der Waals surface area (Å²) in [5.74, 6) is 0.552. The van der Waals surface area contributed by atoms with Crippen LogP contribution in [0.2, 0.25) is 5.02 Å². The van der Waals surface area contributed by atoms with Crippen LogP contribution >= 0.6 is 24.0 Å². The van der Waals surface area contributed by atoms with E-state index < -0.39 is 0 Å². The molecule has 1 aromatic carbocycles. The Morgan fingerprint density at radius 2 is 2.00 bits per heavy atom. The second kappa shape index (κ2) is 8.05. The Hall–Kier alpha value is -1.56. The maximum absolute atomic E-state index is 13.4. The zero-order chi connectivity index (χ0) is 19.2. The molecule has 1 unspecified atom stereocenters. The monoisotopic (exact) mass is 422 g/mol. The largest absolute Gasteiger partial charge is 0.328 e. The van der Waals surface area contributed by atoms with E-state index in [-0.39, 0.29) is 29.9 Å². The summed E-state index contributed by atoms with van der Waals surface area (Å²) >= 11 is 6.18. The van der Waals surface area contributed by atoms with E-state index in [9.17, 15) is 4.79 Å². The Bertz CT molecular complexity index is 854. The maximum atomic E-state index is 13.4. The molecule has 4 rings (SSSR count). The molecule has 0 spiro atoms. The molecule has 5 nitrogen and oxygen atoms in total. The fraction of sp³-hybridized carbons (Fsp3) is 0.524. The number of rotatable bonds is 3. The number of benzene rings is 1. The van der Waals surface area contributed by atoms with E-state index in [1.807, 2.05) is 35.2 Å². The Morgan fingerprint density at radius 1 is 1.25 bits per heavy atom. The van der Waals surface area contributed by atoms with Crippen LogP contribution in [0.3, 0.4) is 0 Å². The van der Waals surface area contributed by atoms with Gasteiger partial charge in [-0.05, 0) is 57.4 Å².